The third kappa shape index (κ3) is 2.35. The number of nitrogens with two attached hydrogens (primary N) is 1. The van der Waals surface area contributed by atoms with Gasteiger partial charge in [0.1, 0.15) is 4.90 Å². The number of halogens is 1. The molecule has 0 unspecified atom stereocenters. The van der Waals surface area contributed by atoms with Crippen molar-refractivity contribution in [3.05, 3.63) is 27.3 Å². The molecule has 0 spiro atoms. The molecule has 0 aliphatic rings. The van der Waals surface area contributed by atoms with Gasteiger partial charge in [0.2, 0.25) is 0 Å². The minimum absolute atomic E-state index is 0.308. The summed E-state index contributed by atoms with van der Waals surface area (Å²) in [5, 5.41) is 10.1. The van der Waals surface area contributed by atoms with Crippen LogP contribution in [0.4, 0.5) is 11.4 Å². The average molecular weight is 253 g/mol. The Hall–Kier alpha value is -1.38. The highest BCUT2D eigenvalue weighted by atomic mass is 35.5. The Balaban J connectivity index is 3.59. The number of non-ortho nitro benzene ring substituents is 1. The number of nitro groups is 1. The SMILES string of the molecule is Nc1c(Cl)cc([N+](=O)[O-])cc1S(=O)(=O)O. The van der Waals surface area contributed by atoms with Crippen LogP contribution in [-0.2, 0) is 10.1 Å². The van der Waals surface area contributed by atoms with Crippen molar-refractivity contribution in [1.29, 1.82) is 0 Å². The third-order valence-corrected chi connectivity index (χ3v) is 2.77. The summed E-state index contributed by atoms with van der Waals surface area (Å²) in [5.41, 5.74) is 4.25. The molecular formula is C6H5ClN2O5S. The quantitative estimate of drug-likeness (QED) is 0.351. The normalized spacial score (nSPS) is 11.3. The Morgan fingerprint density at radius 1 is 1.47 bits per heavy atom. The maximum absolute atomic E-state index is 10.8. The lowest BCUT2D eigenvalue weighted by atomic mass is 10.3. The minimum atomic E-state index is -4.63. The van der Waals surface area contributed by atoms with E-state index >= 15 is 0 Å². The van der Waals surface area contributed by atoms with E-state index in [2.05, 4.69) is 0 Å². The molecule has 0 fully saturated rings. The lowest BCUT2D eigenvalue weighted by Gasteiger charge is -2.03. The summed E-state index contributed by atoms with van der Waals surface area (Å²) >= 11 is 5.46. The van der Waals surface area contributed by atoms with Crippen molar-refractivity contribution in [3.63, 3.8) is 0 Å². The van der Waals surface area contributed by atoms with E-state index in [1.807, 2.05) is 0 Å². The number of nitrogens with zero attached hydrogens (tertiary/aromatic N) is 1. The molecule has 0 bridgehead atoms. The molecule has 0 radical (unpaired) electrons. The van der Waals surface area contributed by atoms with E-state index in [1.54, 1.807) is 0 Å². The van der Waals surface area contributed by atoms with Gasteiger partial charge in [-0.05, 0) is 0 Å². The van der Waals surface area contributed by atoms with Gasteiger partial charge >= 0.3 is 0 Å². The number of benzene rings is 1. The number of hydrogen-bond donors (Lipinski definition) is 2. The van der Waals surface area contributed by atoms with Crippen LogP contribution in [0.5, 0.6) is 0 Å². The lowest BCUT2D eigenvalue weighted by molar-refractivity contribution is -0.385. The van der Waals surface area contributed by atoms with E-state index in [0.717, 1.165) is 6.07 Å². The maximum Gasteiger partial charge on any atom is 0.296 e. The Morgan fingerprint density at radius 2 is 2.00 bits per heavy atom. The van der Waals surface area contributed by atoms with Crippen LogP contribution in [0.1, 0.15) is 0 Å². The summed E-state index contributed by atoms with van der Waals surface area (Å²) < 4.78 is 30.3. The van der Waals surface area contributed by atoms with Gasteiger partial charge in [0.15, 0.2) is 0 Å². The molecule has 0 heterocycles. The first-order chi connectivity index (χ1) is 6.73. The first-order valence-corrected chi connectivity index (χ1v) is 5.26. The van der Waals surface area contributed by atoms with Crippen LogP contribution in [-0.4, -0.2) is 17.9 Å². The number of anilines is 1. The molecule has 0 saturated heterocycles. The smallest absolute Gasteiger partial charge is 0.296 e. The molecule has 0 aliphatic heterocycles. The number of rotatable bonds is 2. The summed E-state index contributed by atoms with van der Waals surface area (Å²) in [7, 11) is -4.63. The second-order valence-corrected chi connectivity index (χ2v) is 4.37. The Labute approximate surface area is 89.4 Å². The topological polar surface area (TPSA) is 124 Å². The Morgan fingerprint density at radius 3 is 2.40 bits per heavy atom. The van der Waals surface area contributed by atoms with E-state index < -0.39 is 31.3 Å². The van der Waals surface area contributed by atoms with Gasteiger partial charge in [-0.15, -0.1) is 0 Å². The van der Waals surface area contributed by atoms with Crippen molar-refractivity contribution in [3.8, 4) is 0 Å². The largest absolute Gasteiger partial charge is 0.396 e. The first kappa shape index (κ1) is 11.7. The second kappa shape index (κ2) is 3.65. The fourth-order valence-electron chi connectivity index (χ4n) is 0.898. The van der Waals surface area contributed by atoms with E-state index in [-0.39, 0.29) is 5.02 Å². The molecule has 0 aliphatic carbocycles. The van der Waals surface area contributed by atoms with Crippen molar-refractivity contribution in [2.75, 3.05) is 5.73 Å². The number of nitro benzene ring substituents is 1. The zero-order valence-corrected chi connectivity index (χ0v) is 8.62. The van der Waals surface area contributed by atoms with Crippen molar-refractivity contribution in [1.82, 2.24) is 0 Å². The molecule has 7 nitrogen and oxygen atoms in total. The van der Waals surface area contributed by atoms with Crippen molar-refractivity contribution < 1.29 is 17.9 Å². The molecule has 3 N–H and O–H groups in total. The van der Waals surface area contributed by atoms with Gasteiger partial charge in [-0.1, -0.05) is 11.6 Å². The van der Waals surface area contributed by atoms with Crippen LogP contribution in [0, 0.1) is 10.1 Å². The van der Waals surface area contributed by atoms with Gasteiger partial charge in [0, 0.05) is 12.1 Å². The molecule has 0 aromatic heterocycles. The molecule has 1 rings (SSSR count). The summed E-state index contributed by atoms with van der Waals surface area (Å²) in [6.07, 6.45) is 0. The van der Waals surface area contributed by atoms with Crippen LogP contribution < -0.4 is 5.73 Å². The highest BCUT2D eigenvalue weighted by molar-refractivity contribution is 7.86. The zero-order valence-electron chi connectivity index (χ0n) is 7.05. The predicted octanol–water partition coefficient (Wildman–Crippen LogP) is 1.08. The highest BCUT2D eigenvalue weighted by Gasteiger charge is 2.21. The lowest BCUT2D eigenvalue weighted by Crippen LogP contribution is -2.04. The van der Waals surface area contributed by atoms with Crippen LogP contribution in [0.25, 0.3) is 0 Å². The monoisotopic (exact) mass is 252 g/mol. The molecule has 1 aromatic rings. The molecule has 1 aromatic carbocycles. The van der Waals surface area contributed by atoms with Gasteiger partial charge in [-0.3, -0.25) is 14.7 Å². The predicted molar refractivity (Wildman–Crippen MR) is 52.3 cm³/mol. The zero-order chi connectivity index (χ0) is 11.8. The van der Waals surface area contributed by atoms with Gasteiger partial charge in [0.25, 0.3) is 15.8 Å². The van der Waals surface area contributed by atoms with Crippen molar-refractivity contribution >= 4 is 33.1 Å². The minimum Gasteiger partial charge on any atom is -0.396 e. The van der Waals surface area contributed by atoms with Gasteiger partial charge in [0.05, 0.1) is 15.6 Å². The Bertz CT molecular complexity index is 527. The van der Waals surface area contributed by atoms with Crippen LogP contribution in [0.2, 0.25) is 5.02 Å². The van der Waals surface area contributed by atoms with E-state index in [9.17, 15) is 18.5 Å². The Kier molecular flexibility index (Phi) is 2.84. The molecule has 9 heteroatoms. The fourth-order valence-corrected chi connectivity index (χ4v) is 1.82. The average Bonchev–Trinajstić information content (AvgIpc) is 2.06. The van der Waals surface area contributed by atoms with Crippen molar-refractivity contribution in [2.45, 2.75) is 4.90 Å². The summed E-state index contributed by atoms with van der Waals surface area (Å²) in [6.45, 7) is 0. The molecule has 0 atom stereocenters. The van der Waals surface area contributed by atoms with Gasteiger partial charge < -0.3 is 5.73 Å². The number of nitrogen functional groups attached to an aromatic ring is 1. The van der Waals surface area contributed by atoms with Gasteiger partial charge in [-0.25, -0.2) is 0 Å². The van der Waals surface area contributed by atoms with E-state index in [4.69, 9.17) is 21.9 Å². The van der Waals surface area contributed by atoms with Crippen LogP contribution in [0.15, 0.2) is 17.0 Å². The number of hydrogen-bond acceptors (Lipinski definition) is 5. The fraction of sp³-hybridized carbons (Fsp3) is 0. The molecule has 0 amide bonds. The molecule has 0 saturated carbocycles. The molecule has 82 valence electrons. The maximum atomic E-state index is 10.8. The summed E-state index contributed by atoms with van der Waals surface area (Å²) in [6, 6.07) is 1.53. The molecule has 15 heavy (non-hydrogen) atoms. The summed E-state index contributed by atoms with van der Waals surface area (Å²) in [5.74, 6) is 0. The first-order valence-electron chi connectivity index (χ1n) is 3.44. The van der Waals surface area contributed by atoms with Gasteiger partial charge in [-0.2, -0.15) is 8.42 Å². The second-order valence-electron chi connectivity index (χ2n) is 2.57. The highest BCUT2D eigenvalue weighted by Crippen LogP contribution is 2.31. The third-order valence-electron chi connectivity index (χ3n) is 1.57. The van der Waals surface area contributed by atoms with E-state index in [0.29, 0.717) is 6.07 Å². The van der Waals surface area contributed by atoms with Crippen LogP contribution >= 0.6 is 11.6 Å². The van der Waals surface area contributed by atoms with E-state index in [1.165, 1.54) is 0 Å². The standard InChI is InChI=1S/C6H5ClN2O5S/c7-4-1-3(9(10)11)2-5(6(4)8)15(12,13)14/h1-2H,8H2,(H,12,13,14). The van der Waals surface area contributed by atoms with Crippen molar-refractivity contribution in [2.24, 2.45) is 0 Å². The molecular weight excluding hydrogens is 248 g/mol. The summed E-state index contributed by atoms with van der Waals surface area (Å²) in [4.78, 5) is 8.75. The van der Waals surface area contributed by atoms with Crippen LogP contribution in [0.3, 0.4) is 0 Å².